The predicted molar refractivity (Wildman–Crippen MR) is 91.2 cm³/mol. The van der Waals surface area contributed by atoms with E-state index in [4.69, 9.17) is 5.73 Å². The van der Waals surface area contributed by atoms with Crippen LogP contribution < -0.4 is 5.73 Å². The fourth-order valence-electron chi connectivity index (χ4n) is 3.78. The van der Waals surface area contributed by atoms with Crippen molar-refractivity contribution in [2.24, 2.45) is 17.6 Å². The molecule has 0 saturated heterocycles. The molecule has 0 amide bonds. The van der Waals surface area contributed by atoms with Crippen LogP contribution in [0.2, 0.25) is 0 Å². The quantitative estimate of drug-likeness (QED) is 0.888. The van der Waals surface area contributed by atoms with Gasteiger partial charge in [0.1, 0.15) is 0 Å². The van der Waals surface area contributed by atoms with Gasteiger partial charge in [-0.1, -0.05) is 56.5 Å². The minimum atomic E-state index is 0.193. The van der Waals surface area contributed by atoms with Crippen molar-refractivity contribution in [1.82, 2.24) is 4.90 Å². The first-order valence-corrected chi connectivity index (χ1v) is 8.44. The third-order valence-electron chi connectivity index (χ3n) is 5.53. The van der Waals surface area contributed by atoms with Gasteiger partial charge >= 0.3 is 0 Å². The van der Waals surface area contributed by atoms with Gasteiger partial charge in [-0.15, -0.1) is 0 Å². The molecule has 2 nitrogen and oxygen atoms in total. The Kier molecular flexibility index (Phi) is 5.45. The summed E-state index contributed by atoms with van der Waals surface area (Å²) in [5.74, 6) is 1.59. The minimum absolute atomic E-state index is 0.193. The second-order valence-electron chi connectivity index (χ2n) is 7.37. The predicted octanol–water partition coefficient (Wildman–Crippen LogP) is 3.97. The van der Waals surface area contributed by atoms with Crippen molar-refractivity contribution in [3.05, 3.63) is 35.4 Å². The summed E-state index contributed by atoms with van der Waals surface area (Å²) >= 11 is 0. The molecule has 1 saturated carbocycles. The molecule has 0 bridgehead atoms. The van der Waals surface area contributed by atoms with Crippen LogP contribution in [-0.4, -0.2) is 24.0 Å². The molecular weight excluding hydrogens is 256 g/mol. The van der Waals surface area contributed by atoms with Crippen LogP contribution in [0.25, 0.3) is 0 Å². The first-order valence-electron chi connectivity index (χ1n) is 8.44. The van der Waals surface area contributed by atoms with E-state index < -0.39 is 0 Å². The van der Waals surface area contributed by atoms with E-state index in [9.17, 15) is 0 Å². The zero-order valence-corrected chi connectivity index (χ0v) is 14.2. The summed E-state index contributed by atoms with van der Waals surface area (Å²) in [5, 5.41) is 0. The molecule has 2 atom stereocenters. The Morgan fingerprint density at radius 3 is 2.52 bits per heavy atom. The van der Waals surface area contributed by atoms with Gasteiger partial charge in [0.05, 0.1) is 0 Å². The number of benzene rings is 1. The Labute approximate surface area is 130 Å². The standard InChI is InChI=1S/C19H32N2/c1-15(2)18-6-5-11-19(12-18,14-20)21(4)13-17-9-7-16(3)8-10-17/h7-10,15,18H,5-6,11-14,20H2,1-4H3. The topological polar surface area (TPSA) is 29.3 Å². The molecule has 0 radical (unpaired) electrons. The molecule has 1 aliphatic carbocycles. The van der Waals surface area contributed by atoms with Crippen LogP contribution in [0.5, 0.6) is 0 Å². The number of rotatable bonds is 5. The van der Waals surface area contributed by atoms with Crippen LogP contribution >= 0.6 is 0 Å². The van der Waals surface area contributed by atoms with Crippen molar-refractivity contribution in [2.75, 3.05) is 13.6 Å². The van der Waals surface area contributed by atoms with E-state index in [1.165, 1.54) is 36.8 Å². The number of nitrogens with two attached hydrogens (primary N) is 1. The van der Waals surface area contributed by atoms with E-state index in [-0.39, 0.29) is 5.54 Å². The maximum atomic E-state index is 6.24. The first-order chi connectivity index (χ1) is 9.97. The number of hydrogen-bond donors (Lipinski definition) is 1. The Morgan fingerprint density at radius 2 is 1.95 bits per heavy atom. The van der Waals surface area contributed by atoms with Crippen LogP contribution in [0.4, 0.5) is 0 Å². The lowest BCUT2D eigenvalue weighted by atomic mass is 9.71. The highest BCUT2D eigenvalue weighted by molar-refractivity contribution is 5.21. The number of nitrogens with zero attached hydrogens (tertiary/aromatic N) is 1. The molecular formula is C19H32N2. The molecule has 2 unspecified atom stereocenters. The summed E-state index contributed by atoms with van der Waals surface area (Å²) in [7, 11) is 2.26. The molecule has 0 aliphatic heterocycles. The normalized spacial score (nSPS) is 26.5. The highest BCUT2D eigenvalue weighted by Gasteiger charge is 2.39. The van der Waals surface area contributed by atoms with Crippen molar-refractivity contribution in [2.45, 2.75) is 58.5 Å². The summed E-state index contributed by atoms with van der Waals surface area (Å²) in [4.78, 5) is 2.52. The van der Waals surface area contributed by atoms with Crippen LogP contribution in [0.3, 0.4) is 0 Å². The monoisotopic (exact) mass is 288 g/mol. The van der Waals surface area contributed by atoms with E-state index in [2.05, 4.69) is 57.0 Å². The Hall–Kier alpha value is -0.860. The van der Waals surface area contributed by atoms with Crippen molar-refractivity contribution < 1.29 is 0 Å². The second-order valence-corrected chi connectivity index (χ2v) is 7.37. The van der Waals surface area contributed by atoms with Crippen molar-refractivity contribution >= 4 is 0 Å². The maximum Gasteiger partial charge on any atom is 0.0334 e. The van der Waals surface area contributed by atoms with Gasteiger partial charge in [0.15, 0.2) is 0 Å². The highest BCUT2D eigenvalue weighted by Crippen LogP contribution is 2.39. The average molecular weight is 288 g/mol. The van der Waals surface area contributed by atoms with Crippen molar-refractivity contribution in [3.63, 3.8) is 0 Å². The van der Waals surface area contributed by atoms with E-state index in [0.29, 0.717) is 0 Å². The van der Waals surface area contributed by atoms with Gasteiger partial charge in [-0.3, -0.25) is 4.90 Å². The number of likely N-dealkylation sites (N-methyl/N-ethyl adjacent to an activating group) is 1. The van der Waals surface area contributed by atoms with Gasteiger partial charge in [-0.05, 0) is 44.2 Å². The molecule has 0 aromatic heterocycles. The fraction of sp³-hybridized carbons (Fsp3) is 0.684. The third kappa shape index (κ3) is 3.87. The van der Waals surface area contributed by atoms with Crippen LogP contribution in [0.15, 0.2) is 24.3 Å². The smallest absolute Gasteiger partial charge is 0.0334 e. The van der Waals surface area contributed by atoms with Gasteiger partial charge < -0.3 is 5.73 Å². The molecule has 1 aliphatic rings. The average Bonchev–Trinajstić information content (AvgIpc) is 2.49. The van der Waals surface area contributed by atoms with E-state index in [1.54, 1.807) is 0 Å². The van der Waals surface area contributed by atoms with Crippen molar-refractivity contribution in [1.29, 1.82) is 0 Å². The third-order valence-corrected chi connectivity index (χ3v) is 5.53. The van der Waals surface area contributed by atoms with E-state index in [1.807, 2.05) is 0 Å². The fourth-order valence-corrected chi connectivity index (χ4v) is 3.78. The van der Waals surface area contributed by atoms with Gasteiger partial charge in [-0.25, -0.2) is 0 Å². The second kappa shape index (κ2) is 6.93. The molecule has 21 heavy (non-hydrogen) atoms. The van der Waals surface area contributed by atoms with E-state index in [0.717, 1.165) is 24.9 Å². The summed E-state index contributed by atoms with van der Waals surface area (Å²) < 4.78 is 0. The van der Waals surface area contributed by atoms with Crippen LogP contribution in [0, 0.1) is 18.8 Å². The highest BCUT2D eigenvalue weighted by atomic mass is 15.2. The van der Waals surface area contributed by atoms with Crippen LogP contribution in [-0.2, 0) is 6.54 Å². The SMILES string of the molecule is Cc1ccc(CN(C)C2(CN)CCCC(C(C)C)C2)cc1. The van der Waals surface area contributed by atoms with Gasteiger partial charge in [0.2, 0.25) is 0 Å². The molecule has 0 spiro atoms. The molecule has 1 fully saturated rings. The largest absolute Gasteiger partial charge is 0.329 e. The Morgan fingerprint density at radius 1 is 1.29 bits per heavy atom. The van der Waals surface area contributed by atoms with Crippen molar-refractivity contribution in [3.8, 4) is 0 Å². The summed E-state index contributed by atoms with van der Waals surface area (Å²) in [6.07, 6.45) is 5.19. The van der Waals surface area contributed by atoms with Gasteiger partial charge in [-0.2, -0.15) is 0 Å². The Balaban J connectivity index is 2.09. The molecule has 0 heterocycles. The molecule has 1 aromatic carbocycles. The summed E-state index contributed by atoms with van der Waals surface area (Å²) in [6.45, 7) is 8.64. The minimum Gasteiger partial charge on any atom is -0.329 e. The molecule has 2 heteroatoms. The lowest BCUT2D eigenvalue weighted by Crippen LogP contribution is -2.54. The molecule has 2 N–H and O–H groups in total. The number of aryl methyl sites for hydroxylation is 1. The maximum absolute atomic E-state index is 6.24. The van der Waals surface area contributed by atoms with Gasteiger partial charge in [0.25, 0.3) is 0 Å². The Bertz CT molecular complexity index is 437. The van der Waals surface area contributed by atoms with Gasteiger partial charge in [0, 0.05) is 18.6 Å². The zero-order valence-electron chi connectivity index (χ0n) is 14.2. The number of hydrogen-bond acceptors (Lipinski definition) is 2. The summed E-state index contributed by atoms with van der Waals surface area (Å²) in [6, 6.07) is 8.91. The molecule has 2 rings (SSSR count). The van der Waals surface area contributed by atoms with Crippen LogP contribution in [0.1, 0.15) is 50.7 Å². The molecule has 1 aromatic rings. The summed E-state index contributed by atoms with van der Waals surface area (Å²) in [5.41, 5.74) is 9.15. The molecule has 118 valence electrons. The lowest BCUT2D eigenvalue weighted by Gasteiger charge is -2.47. The lowest BCUT2D eigenvalue weighted by molar-refractivity contribution is 0.0396. The zero-order chi connectivity index (χ0) is 15.5. The first kappa shape index (κ1) is 16.5. The van der Waals surface area contributed by atoms with E-state index >= 15 is 0 Å².